The van der Waals surface area contributed by atoms with Crippen molar-refractivity contribution in [3.05, 3.63) is 71.0 Å². The van der Waals surface area contributed by atoms with Gasteiger partial charge in [-0.3, -0.25) is 9.69 Å². The average Bonchev–Trinajstić information content (AvgIpc) is 2.67. The molecule has 2 aromatic carbocycles. The van der Waals surface area contributed by atoms with E-state index in [4.69, 9.17) is 0 Å². The van der Waals surface area contributed by atoms with E-state index in [9.17, 15) is 9.18 Å². The van der Waals surface area contributed by atoms with E-state index in [1.165, 1.54) is 17.2 Å². The Bertz CT molecular complexity index is 768. The highest BCUT2D eigenvalue weighted by atomic mass is 19.1. The summed E-state index contributed by atoms with van der Waals surface area (Å²) in [7, 11) is 0. The van der Waals surface area contributed by atoms with Gasteiger partial charge in [0.2, 0.25) is 0 Å². The van der Waals surface area contributed by atoms with Crippen LogP contribution in [0.2, 0.25) is 0 Å². The number of nitrogens with zero attached hydrogens (tertiary/aromatic N) is 2. The smallest absolute Gasteiger partial charge is 0.256 e. The number of hydrogen-bond acceptors (Lipinski definition) is 2. The lowest BCUT2D eigenvalue weighted by Crippen LogP contribution is -2.48. The first-order valence-electron chi connectivity index (χ1n) is 9.07. The molecule has 3 nitrogen and oxygen atoms in total. The first-order valence-corrected chi connectivity index (χ1v) is 9.07. The zero-order valence-corrected chi connectivity index (χ0v) is 14.3. The molecule has 2 aliphatic heterocycles. The van der Waals surface area contributed by atoms with Gasteiger partial charge in [0, 0.05) is 32.2 Å². The minimum absolute atomic E-state index is 0.180. The van der Waals surface area contributed by atoms with E-state index >= 15 is 0 Å². The second-order valence-electron chi connectivity index (χ2n) is 6.99. The van der Waals surface area contributed by atoms with Crippen LogP contribution >= 0.6 is 0 Å². The lowest BCUT2D eigenvalue weighted by Gasteiger charge is -2.40. The topological polar surface area (TPSA) is 23.6 Å². The van der Waals surface area contributed by atoms with Crippen LogP contribution in [-0.2, 0) is 13.0 Å². The highest BCUT2D eigenvalue weighted by molar-refractivity contribution is 5.94. The Hall–Kier alpha value is -2.20. The molecule has 0 atom stereocenters. The normalized spacial score (nSPS) is 18.8. The molecule has 1 amide bonds. The lowest BCUT2D eigenvalue weighted by molar-refractivity contribution is 0.0595. The molecule has 2 aliphatic rings. The molecule has 0 N–H and O–H groups in total. The lowest BCUT2D eigenvalue weighted by atomic mass is 9.95. The van der Waals surface area contributed by atoms with Gasteiger partial charge in [-0.1, -0.05) is 36.4 Å². The molecule has 1 fully saturated rings. The van der Waals surface area contributed by atoms with E-state index in [-0.39, 0.29) is 11.5 Å². The van der Waals surface area contributed by atoms with Gasteiger partial charge in [-0.15, -0.1) is 0 Å². The van der Waals surface area contributed by atoms with Crippen LogP contribution in [0.15, 0.2) is 48.5 Å². The van der Waals surface area contributed by atoms with E-state index in [1.807, 2.05) is 0 Å². The molecule has 0 saturated carbocycles. The molecule has 0 radical (unpaired) electrons. The third-order valence-corrected chi connectivity index (χ3v) is 5.53. The van der Waals surface area contributed by atoms with Gasteiger partial charge in [0.15, 0.2) is 0 Å². The minimum Gasteiger partial charge on any atom is -0.338 e. The van der Waals surface area contributed by atoms with Crippen molar-refractivity contribution in [2.45, 2.75) is 31.8 Å². The molecule has 4 rings (SSSR count). The summed E-state index contributed by atoms with van der Waals surface area (Å²) in [5, 5.41) is 0. The van der Waals surface area contributed by atoms with Crippen LogP contribution in [0.3, 0.4) is 0 Å². The number of carbonyl (C=O) groups excluding carboxylic acids is 1. The number of piperidine rings is 1. The van der Waals surface area contributed by atoms with E-state index in [2.05, 4.69) is 29.2 Å². The fourth-order valence-electron chi connectivity index (χ4n) is 4.07. The second kappa shape index (κ2) is 6.96. The van der Waals surface area contributed by atoms with Gasteiger partial charge in [-0.2, -0.15) is 0 Å². The summed E-state index contributed by atoms with van der Waals surface area (Å²) in [5.74, 6) is -0.609. The summed E-state index contributed by atoms with van der Waals surface area (Å²) < 4.78 is 13.8. The van der Waals surface area contributed by atoms with Crippen molar-refractivity contribution in [2.75, 3.05) is 19.6 Å². The largest absolute Gasteiger partial charge is 0.338 e. The van der Waals surface area contributed by atoms with E-state index < -0.39 is 5.82 Å². The number of halogens is 1. The Morgan fingerprint density at radius 2 is 1.60 bits per heavy atom. The number of rotatable bonds is 2. The molecule has 2 heterocycles. The Morgan fingerprint density at radius 3 is 2.36 bits per heavy atom. The standard InChI is InChI=1S/C21H23FN2O/c22-20-8-4-3-7-19(20)21(25)23-13-10-18(11-14-23)24-12-9-16-5-1-2-6-17(16)15-24/h1-8,18H,9-15H2. The highest BCUT2D eigenvalue weighted by Gasteiger charge is 2.29. The number of benzene rings is 2. The number of hydrogen-bond donors (Lipinski definition) is 0. The number of amides is 1. The summed E-state index contributed by atoms with van der Waals surface area (Å²) in [4.78, 5) is 16.9. The van der Waals surface area contributed by atoms with Gasteiger partial charge in [-0.05, 0) is 42.5 Å². The van der Waals surface area contributed by atoms with Crippen molar-refractivity contribution < 1.29 is 9.18 Å². The summed E-state index contributed by atoms with van der Waals surface area (Å²) in [6.07, 6.45) is 3.02. The summed E-state index contributed by atoms with van der Waals surface area (Å²) >= 11 is 0. The average molecular weight is 338 g/mol. The van der Waals surface area contributed by atoms with Crippen LogP contribution in [0, 0.1) is 5.82 Å². The molecule has 25 heavy (non-hydrogen) atoms. The molecule has 2 aromatic rings. The maximum Gasteiger partial charge on any atom is 0.256 e. The quantitative estimate of drug-likeness (QED) is 0.837. The zero-order valence-electron chi connectivity index (χ0n) is 14.3. The molecule has 4 heteroatoms. The van der Waals surface area contributed by atoms with Gasteiger partial charge in [0.1, 0.15) is 5.82 Å². The molecule has 0 unspecified atom stereocenters. The molecular weight excluding hydrogens is 315 g/mol. The predicted octanol–water partition coefficient (Wildman–Crippen LogP) is 3.49. The molecule has 0 bridgehead atoms. The van der Waals surface area contributed by atoms with Gasteiger partial charge in [0.05, 0.1) is 5.56 Å². The first kappa shape index (κ1) is 16.3. The van der Waals surface area contributed by atoms with Gasteiger partial charge < -0.3 is 4.90 Å². The van der Waals surface area contributed by atoms with Crippen LogP contribution in [-0.4, -0.2) is 41.4 Å². The SMILES string of the molecule is O=C(c1ccccc1F)N1CCC(N2CCc3ccccc3C2)CC1. The van der Waals surface area contributed by atoms with E-state index in [1.54, 1.807) is 23.1 Å². The number of fused-ring (bicyclic) bond motifs is 1. The fourth-order valence-corrected chi connectivity index (χ4v) is 4.07. The molecule has 1 saturated heterocycles. The number of likely N-dealkylation sites (tertiary alicyclic amines) is 1. The maximum absolute atomic E-state index is 13.8. The Balaban J connectivity index is 1.38. The highest BCUT2D eigenvalue weighted by Crippen LogP contribution is 2.25. The molecule has 0 aromatic heterocycles. The van der Waals surface area contributed by atoms with Crippen molar-refractivity contribution >= 4 is 5.91 Å². The van der Waals surface area contributed by atoms with Gasteiger partial charge >= 0.3 is 0 Å². The van der Waals surface area contributed by atoms with Crippen molar-refractivity contribution in [3.63, 3.8) is 0 Å². The molecule has 0 spiro atoms. The summed E-state index contributed by atoms with van der Waals surface area (Å²) in [6.45, 7) is 3.50. The van der Waals surface area contributed by atoms with Crippen LogP contribution in [0.4, 0.5) is 4.39 Å². The second-order valence-corrected chi connectivity index (χ2v) is 6.99. The Kier molecular flexibility index (Phi) is 4.53. The fraction of sp³-hybridized carbons (Fsp3) is 0.381. The Morgan fingerprint density at radius 1 is 0.920 bits per heavy atom. The monoisotopic (exact) mass is 338 g/mol. The third kappa shape index (κ3) is 3.31. The van der Waals surface area contributed by atoms with Crippen molar-refractivity contribution in [1.29, 1.82) is 0 Å². The van der Waals surface area contributed by atoms with Crippen LogP contribution in [0.5, 0.6) is 0 Å². The number of carbonyl (C=O) groups is 1. The van der Waals surface area contributed by atoms with E-state index in [0.717, 1.165) is 32.4 Å². The van der Waals surface area contributed by atoms with Crippen molar-refractivity contribution in [3.8, 4) is 0 Å². The van der Waals surface area contributed by atoms with Crippen LogP contribution in [0.1, 0.15) is 34.3 Å². The predicted molar refractivity (Wildman–Crippen MR) is 95.9 cm³/mol. The zero-order chi connectivity index (χ0) is 17.2. The van der Waals surface area contributed by atoms with Gasteiger partial charge in [-0.25, -0.2) is 4.39 Å². The van der Waals surface area contributed by atoms with Crippen LogP contribution in [0.25, 0.3) is 0 Å². The molecule has 0 aliphatic carbocycles. The maximum atomic E-state index is 13.8. The summed E-state index contributed by atoms with van der Waals surface area (Å²) in [6, 6.07) is 15.4. The minimum atomic E-state index is -0.428. The van der Waals surface area contributed by atoms with Crippen molar-refractivity contribution in [2.24, 2.45) is 0 Å². The molecular formula is C21H23FN2O. The first-order chi connectivity index (χ1) is 12.2. The van der Waals surface area contributed by atoms with Crippen molar-refractivity contribution in [1.82, 2.24) is 9.80 Å². The summed E-state index contributed by atoms with van der Waals surface area (Å²) in [5.41, 5.74) is 3.08. The third-order valence-electron chi connectivity index (χ3n) is 5.53. The Labute approximate surface area is 148 Å². The van der Waals surface area contributed by atoms with Crippen LogP contribution < -0.4 is 0 Å². The van der Waals surface area contributed by atoms with E-state index in [0.29, 0.717) is 19.1 Å². The molecule has 130 valence electrons. The van der Waals surface area contributed by atoms with Gasteiger partial charge in [0.25, 0.3) is 5.91 Å².